The Hall–Kier alpha value is -12.1. The molecule has 7 heteroatoms. The Morgan fingerprint density at radius 3 is 0.933 bits per heavy atom. The number of hydrogen-bond donors (Lipinski definition) is 0. The van der Waals surface area contributed by atoms with E-state index < -0.39 is 0 Å². The molecule has 16 rings (SSSR count). The molecular weight excluding hydrogens is 1080 g/mol. The molecule has 0 bridgehead atoms. The molecule has 0 saturated carbocycles. The SMILES string of the molecule is Cc1c(-n2c3ccc(-c4ccc(-c5ccccc5)nc4)cc3c3cc(-c4ccc(-c5ccccc5)nc4)ccc32)ccc(-c2cccc(C#N)c2)c1-n1c2ccc(-c3ccc(-c4ccccc4)nc3)cc2c2cc(-c3ccc(-c4ccccc4)nc3)ccc21. The van der Waals surface area contributed by atoms with E-state index in [9.17, 15) is 5.26 Å². The summed E-state index contributed by atoms with van der Waals surface area (Å²) in [7, 11) is 0. The second kappa shape index (κ2) is 22.1. The first kappa shape index (κ1) is 52.4. The maximum absolute atomic E-state index is 10.4. The average molecular weight is 1140 g/mol. The monoisotopic (exact) mass is 1140 g/mol. The molecule has 0 spiro atoms. The lowest BCUT2D eigenvalue weighted by Crippen LogP contribution is -2.06. The van der Waals surface area contributed by atoms with E-state index >= 15 is 0 Å². The van der Waals surface area contributed by atoms with E-state index in [1.54, 1.807) is 0 Å². The third-order valence-corrected chi connectivity index (χ3v) is 17.4. The van der Waals surface area contributed by atoms with Gasteiger partial charge in [0.2, 0.25) is 0 Å². The van der Waals surface area contributed by atoms with Crippen molar-refractivity contribution in [2.24, 2.45) is 0 Å². The Kier molecular flexibility index (Phi) is 13.0. The molecule has 16 aromatic rings. The summed E-state index contributed by atoms with van der Waals surface area (Å²) in [6.45, 7) is 2.25. The topological polar surface area (TPSA) is 85.2 Å². The van der Waals surface area contributed by atoms with Gasteiger partial charge in [0.15, 0.2) is 0 Å². The van der Waals surface area contributed by atoms with Gasteiger partial charge in [0.25, 0.3) is 0 Å². The summed E-state index contributed by atoms with van der Waals surface area (Å²) in [6, 6.07) is 101. The van der Waals surface area contributed by atoms with E-state index in [0.717, 1.165) is 161 Å². The molecule has 0 radical (unpaired) electrons. The van der Waals surface area contributed by atoms with Gasteiger partial charge in [-0.1, -0.05) is 188 Å². The zero-order chi connectivity index (χ0) is 59.4. The molecule has 6 heterocycles. The third kappa shape index (κ3) is 9.50. The first-order valence-corrected chi connectivity index (χ1v) is 29.9. The van der Waals surface area contributed by atoms with Gasteiger partial charge in [-0.3, -0.25) is 19.9 Å². The lowest BCUT2D eigenvalue weighted by atomic mass is 9.97. The van der Waals surface area contributed by atoms with Gasteiger partial charge in [-0.2, -0.15) is 5.26 Å². The Morgan fingerprint density at radius 1 is 0.281 bits per heavy atom. The molecule has 0 aliphatic rings. The van der Waals surface area contributed by atoms with Crippen molar-refractivity contribution in [3.8, 4) is 118 Å². The summed E-state index contributed by atoms with van der Waals surface area (Å²) in [6.07, 6.45) is 7.94. The minimum Gasteiger partial charge on any atom is -0.309 e. The van der Waals surface area contributed by atoms with Crippen LogP contribution in [0.25, 0.3) is 156 Å². The Bertz CT molecular complexity index is 5100. The molecule has 0 aliphatic carbocycles. The minimum atomic E-state index is 0.592. The van der Waals surface area contributed by atoms with Crippen molar-refractivity contribution in [3.63, 3.8) is 0 Å². The molecule has 6 aromatic heterocycles. The van der Waals surface area contributed by atoms with Crippen molar-refractivity contribution in [1.82, 2.24) is 29.1 Å². The number of fused-ring (bicyclic) bond motifs is 6. The molecule has 416 valence electrons. The number of nitrogens with zero attached hydrogens (tertiary/aromatic N) is 7. The van der Waals surface area contributed by atoms with Gasteiger partial charge in [-0.25, -0.2) is 0 Å². The van der Waals surface area contributed by atoms with E-state index in [-0.39, 0.29) is 0 Å². The number of nitriles is 1. The first-order chi connectivity index (χ1) is 44.0. The van der Waals surface area contributed by atoms with Crippen LogP contribution in [0.4, 0.5) is 0 Å². The standard InChI is InChI=1S/C82H53N7/c1-53-77(88-78-38-29-59(64-25-34-73(84-49-64)55-16-6-2-7-17-55)44-69(78)70-45-60(30-39-79(70)88)65-26-35-74(85-50-65)56-18-8-3-9-19-56)42-33-68(63-24-14-15-54(43-63)48-83)82(53)89-80-40-31-61(66-27-36-75(86-51-66)57-20-10-4-11-21-57)46-71(80)72-47-62(32-41-81(72)89)67-28-37-76(87-52-67)58-22-12-5-13-23-58/h2-47,49-52H,1H3. The highest BCUT2D eigenvalue weighted by Crippen LogP contribution is 2.45. The first-order valence-electron chi connectivity index (χ1n) is 29.9. The zero-order valence-electron chi connectivity index (χ0n) is 48.5. The number of benzene rings is 10. The third-order valence-electron chi connectivity index (χ3n) is 17.4. The van der Waals surface area contributed by atoms with Gasteiger partial charge >= 0.3 is 0 Å². The highest BCUT2D eigenvalue weighted by Gasteiger charge is 2.24. The Balaban J connectivity index is 0.910. The lowest BCUT2D eigenvalue weighted by molar-refractivity contribution is 1.10. The second-order valence-corrected chi connectivity index (χ2v) is 22.6. The molecule has 10 aromatic carbocycles. The molecule has 0 saturated heterocycles. The molecule has 0 amide bonds. The van der Waals surface area contributed by atoms with Crippen LogP contribution in [0.2, 0.25) is 0 Å². The van der Waals surface area contributed by atoms with Crippen LogP contribution in [-0.2, 0) is 0 Å². The normalized spacial score (nSPS) is 11.4. The van der Waals surface area contributed by atoms with Crippen LogP contribution in [0.3, 0.4) is 0 Å². The summed E-state index contributed by atoms with van der Waals surface area (Å²) in [5.41, 5.74) is 26.2. The van der Waals surface area contributed by atoms with Crippen LogP contribution < -0.4 is 0 Å². The number of hydrogen-bond acceptors (Lipinski definition) is 5. The summed E-state index contributed by atoms with van der Waals surface area (Å²) in [5, 5.41) is 14.8. The highest BCUT2D eigenvalue weighted by molar-refractivity contribution is 6.14. The van der Waals surface area contributed by atoms with Gasteiger partial charge < -0.3 is 9.13 Å². The van der Waals surface area contributed by atoms with Crippen molar-refractivity contribution < 1.29 is 0 Å². The second-order valence-electron chi connectivity index (χ2n) is 22.6. The summed E-state index contributed by atoms with van der Waals surface area (Å²) < 4.78 is 4.88. The molecule has 0 unspecified atom stereocenters. The summed E-state index contributed by atoms with van der Waals surface area (Å²) in [5.74, 6) is 0. The van der Waals surface area contributed by atoms with Crippen molar-refractivity contribution in [3.05, 3.63) is 315 Å². The van der Waals surface area contributed by atoms with Crippen molar-refractivity contribution >= 4 is 43.6 Å². The molecule has 0 fully saturated rings. The van der Waals surface area contributed by atoms with Gasteiger partial charge in [0.1, 0.15) is 0 Å². The number of rotatable bonds is 11. The predicted molar refractivity (Wildman–Crippen MR) is 365 cm³/mol. The molecule has 0 aliphatic heterocycles. The van der Waals surface area contributed by atoms with Gasteiger partial charge in [-0.05, 0) is 131 Å². The molecule has 0 atom stereocenters. The molecule has 7 nitrogen and oxygen atoms in total. The van der Waals surface area contributed by atoms with Crippen LogP contribution in [0.5, 0.6) is 0 Å². The van der Waals surface area contributed by atoms with E-state index in [0.29, 0.717) is 5.56 Å². The fraction of sp³-hybridized carbons (Fsp3) is 0.0122. The molecular formula is C82H53N7. The number of pyridine rings is 4. The van der Waals surface area contributed by atoms with E-state index in [4.69, 9.17) is 19.9 Å². The van der Waals surface area contributed by atoms with Gasteiger partial charge in [0.05, 0.1) is 67.8 Å². The minimum absolute atomic E-state index is 0.592. The largest absolute Gasteiger partial charge is 0.309 e. The quantitative estimate of drug-likeness (QED) is 0.129. The molecule has 0 N–H and O–H groups in total. The maximum atomic E-state index is 10.4. The summed E-state index contributed by atoms with van der Waals surface area (Å²) in [4.78, 5) is 19.9. The van der Waals surface area contributed by atoms with Crippen LogP contribution in [0.1, 0.15) is 11.1 Å². The van der Waals surface area contributed by atoms with E-state index in [2.05, 4.69) is 210 Å². The van der Waals surface area contributed by atoms with Crippen molar-refractivity contribution in [2.45, 2.75) is 6.92 Å². The highest BCUT2D eigenvalue weighted by atomic mass is 15.0. The van der Waals surface area contributed by atoms with Gasteiger partial charge in [-0.15, -0.1) is 0 Å². The number of aromatic nitrogens is 6. The van der Waals surface area contributed by atoms with Gasteiger partial charge in [0, 0.05) is 96.4 Å². The van der Waals surface area contributed by atoms with Crippen molar-refractivity contribution in [2.75, 3.05) is 0 Å². The average Bonchev–Trinajstić information content (AvgIpc) is 1.82. The molecule has 89 heavy (non-hydrogen) atoms. The lowest BCUT2D eigenvalue weighted by Gasteiger charge is -2.21. The smallest absolute Gasteiger partial charge is 0.0991 e. The summed E-state index contributed by atoms with van der Waals surface area (Å²) >= 11 is 0. The fourth-order valence-electron chi connectivity index (χ4n) is 12.9. The fourth-order valence-corrected chi connectivity index (χ4v) is 12.9. The van der Waals surface area contributed by atoms with E-state index in [1.807, 2.05) is 116 Å². The van der Waals surface area contributed by atoms with Crippen LogP contribution in [0.15, 0.2) is 304 Å². The predicted octanol–water partition coefficient (Wildman–Crippen LogP) is 20.6. The van der Waals surface area contributed by atoms with E-state index in [1.165, 1.54) is 0 Å². The Labute approximate surface area is 515 Å². The maximum Gasteiger partial charge on any atom is 0.0991 e. The van der Waals surface area contributed by atoms with Crippen LogP contribution in [-0.4, -0.2) is 29.1 Å². The van der Waals surface area contributed by atoms with Crippen LogP contribution >= 0.6 is 0 Å². The van der Waals surface area contributed by atoms with Crippen LogP contribution in [0, 0.1) is 18.3 Å². The Morgan fingerprint density at radius 2 is 0.607 bits per heavy atom. The van der Waals surface area contributed by atoms with Crippen molar-refractivity contribution in [1.29, 1.82) is 5.26 Å². The zero-order valence-corrected chi connectivity index (χ0v) is 48.5.